The highest BCUT2D eigenvalue weighted by molar-refractivity contribution is 6.30. The Bertz CT molecular complexity index is 1100. The van der Waals surface area contributed by atoms with E-state index < -0.39 is 0 Å². The Kier molecular flexibility index (Phi) is 5.07. The van der Waals surface area contributed by atoms with Crippen molar-refractivity contribution in [2.75, 3.05) is 10.6 Å². The van der Waals surface area contributed by atoms with E-state index in [0.29, 0.717) is 16.5 Å². The molecule has 154 valence electrons. The molecule has 7 nitrogen and oxygen atoms in total. The van der Waals surface area contributed by atoms with Gasteiger partial charge in [0.05, 0.1) is 12.5 Å². The molecule has 3 aromatic rings. The molecule has 0 aliphatic carbocycles. The lowest BCUT2D eigenvalue weighted by Gasteiger charge is -2.23. The third kappa shape index (κ3) is 4.07. The molecule has 2 N–H and O–H groups in total. The average Bonchev–Trinajstić information content (AvgIpc) is 3.09. The van der Waals surface area contributed by atoms with E-state index in [0.717, 1.165) is 11.1 Å². The lowest BCUT2D eigenvalue weighted by molar-refractivity contribution is -0.117. The summed E-state index contributed by atoms with van der Waals surface area (Å²) in [7, 11) is 0. The number of halogens is 1. The molecule has 0 spiro atoms. The van der Waals surface area contributed by atoms with Crippen LogP contribution in [0.4, 0.5) is 11.9 Å². The summed E-state index contributed by atoms with van der Waals surface area (Å²) < 4.78 is 1.61. The zero-order valence-corrected chi connectivity index (χ0v) is 17.7. The second-order valence-corrected chi connectivity index (χ2v) is 8.74. The van der Waals surface area contributed by atoms with Gasteiger partial charge in [0, 0.05) is 10.6 Å². The second-order valence-electron chi connectivity index (χ2n) is 8.30. The van der Waals surface area contributed by atoms with E-state index in [9.17, 15) is 9.59 Å². The summed E-state index contributed by atoms with van der Waals surface area (Å²) in [6.45, 7) is 6.35. The highest BCUT2D eigenvalue weighted by Gasteiger charge is 2.29. The lowest BCUT2D eigenvalue weighted by Crippen LogP contribution is -2.29. The van der Waals surface area contributed by atoms with Gasteiger partial charge in [-0.3, -0.25) is 20.2 Å². The number of nitrogens with zero attached hydrogens (tertiary/aromatic N) is 3. The second kappa shape index (κ2) is 7.57. The Labute approximate surface area is 179 Å². The molecule has 1 aromatic heterocycles. The van der Waals surface area contributed by atoms with Crippen molar-refractivity contribution in [3.8, 4) is 0 Å². The van der Waals surface area contributed by atoms with Gasteiger partial charge in [0.1, 0.15) is 0 Å². The summed E-state index contributed by atoms with van der Waals surface area (Å²) in [4.78, 5) is 29.1. The minimum atomic E-state index is -0.324. The summed E-state index contributed by atoms with van der Waals surface area (Å²) in [5.74, 6) is -0.0427. The molecule has 2 aromatic carbocycles. The maximum Gasteiger partial charge on any atom is 0.258 e. The summed E-state index contributed by atoms with van der Waals surface area (Å²) >= 11 is 5.97. The Morgan fingerprint density at radius 1 is 1.13 bits per heavy atom. The first kappa shape index (κ1) is 20.1. The first-order valence-electron chi connectivity index (χ1n) is 9.64. The molecule has 0 bridgehead atoms. The van der Waals surface area contributed by atoms with Gasteiger partial charge in [-0.25, -0.2) is 4.68 Å². The fraction of sp³-hybridized carbons (Fsp3) is 0.273. The minimum absolute atomic E-state index is 0.00831. The molecule has 4 rings (SSSR count). The summed E-state index contributed by atoms with van der Waals surface area (Å²) in [6, 6.07) is 14.4. The van der Waals surface area contributed by atoms with Gasteiger partial charge in [-0.1, -0.05) is 56.6 Å². The van der Waals surface area contributed by atoms with Crippen LogP contribution >= 0.6 is 11.6 Å². The smallest absolute Gasteiger partial charge is 0.258 e. The maximum atomic E-state index is 12.6. The maximum absolute atomic E-state index is 12.6. The van der Waals surface area contributed by atoms with Crippen LogP contribution in [-0.2, 0) is 10.2 Å². The monoisotopic (exact) mass is 423 g/mol. The van der Waals surface area contributed by atoms with Crippen LogP contribution in [0.25, 0.3) is 0 Å². The number of carbonyl (C=O) groups excluding carboxylic acids is 2. The van der Waals surface area contributed by atoms with Crippen LogP contribution < -0.4 is 10.6 Å². The number of hydrogen-bond acceptors (Lipinski definition) is 4. The van der Waals surface area contributed by atoms with Gasteiger partial charge in [-0.2, -0.15) is 4.98 Å². The van der Waals surface area contributed by atoms with Crippen molar-refractivity contribution in [3.05, 3.63) is 70.2 Å². The van der Waals surface area contributed by atoms with Crippen molar-refractivity contribution in [1.82, 2.24) is 14.8 Å². The van der Waals surface area contributed by atoms with Gasteiger partial charge in [-0.05, 0) is 40.8 Å². The minimum Gasteiger partial charge on any atom is -0.295 e. The van der Waals surface area contributed by atoms with Crippen molar-refractivity contribution in [1.29, 1.82) is 0 Å². The third-order valence-electron chi connectivity index (χ3n) is 5.05. The van der Waals surface area contributed by atoms with Gasteiger partial charge in [0.2, 0.25) is 11.9 Å². The van der Waals surface area contributed by atoms with Crippen molar-refractivity contribution in [3.63, 3.8) is 0 Å². The predicted octanol–water partition coefficient (Wildman–Crippen LogP) is 4.41. The predicted molar refractivity (Wildman–Crippen MR) is 116 cm³/mol. The van der Waals surface area contributed by atoms with E-state index in [-0.39, 0.29) is 35.6 Å². The quantitative estimate of drug-likeness (QED) is 0.652. The first-order chi connectivity index (χ1) is 14.2. The number of nitrogens with one attached hydrogen (secondary N) is 2. The van der Waals surface area contributed by atoms with Crippen LogP contribution in [0, 0.1) is 0 Å². The lowest BCUT2D eigenvalue weighted by atomic mass is 9.87. The van der Waals surface area contributed by atoms with Gasteiger partial charge < -0.3 is 0 Å². The molecular weight excluding hydrogens is 402 g/mol. The van der Waals surface area contributed by atoms with Crippen LogP contribution in [-0.4, -0.2) is 26.6 Å². The topological polar surface area (TPSA) is 88.9 Å². The number of rotatable bonds is 3. The van der Waals surface area contributed by atoms with Gasteiger partial charge in [-0.15, -0.1) is 5.10 Å². The summed E-state index contributed by atoms with van der Waals surface area (Å²) in [5, 5.41) is 10.4. The largest absolute Gasteiger partial charge is 0.295 e. The van der Waals surface area contributed by atoms with E-state index in [1.165, 1.54) is 0 Å². The van der Waals surface area contributed by atoms with Crippen LogP contribution in [0.2, 0.25) is 5.02 Å². The standard InChI is InChI=1S/C22H22ClN5O2/c1-22(2,3)15-8-4-14(5-9-15)19(30)25-20-26-21-24-18(29)12-17(28(21)27-20)13-6-10-16(23)11-7-13/h4-11,17H,12H2,1-3H3,(H2,24,25,26,27,29,30). The van der Waals surface area contributed by atoms with Crippen LogP contribution in [0.5, 0.6) is 0 Å². The fourth-order valence-corrected chi connectivity index (χ4v) is 3.48. The number of benzene rings is 2. The molecule has 0 radical (unpaired) electrons. The molecule has 2 heterocycles. The third-order valence-corrected chi connectivity index (χ3v) is 5.30. The molecular formula is C22H22ClN5O2. The van der Waals surface area contributed by atoms with Crippen molar-refractivity contribution < 1.29 is 9.59 Å². The Morgan fingerprint density at radius 2 is 1.80 bits per heavy atom. The van der Waals surface area contributed by atoms with E-state index in [4.69, 9.17) is 11.6 Å². The van der Waals surface area contributed by atoms with Crippen molar-refractivity contribution in [2.45, 2.75) is 38.6 Å². The average molecular weight is 424 g/mol. The number of fused-ring (bicyclic) bond motifs is 1. The molecule has 30 heavy (non-hydrogen) atoms. The van der Waals surface area contributed by atoms with E-state index in [1.807, 2.05) is 24.3 Å². The van der Waals surface area contributed by atoms with Crippen molar-refractivity contribution >= 4 is 35.3 Å². The van der Waals surface area contributed by atoms with E-state index >= 15 is 0 Å². The Hall–Kier alpha value is -3.19. The fourth-order valence-electron chi connectivity index (χ4n) is 3.36. The zero-order valence-electron chi connectivity index (χ0n) is 16.9. The summed E-state index contributed by atoms with van der Waals surface area (Å²) in [6.07, 6.45) is 0.222. The zero-order chi connectivity index (χ0) is 21.5. The molecule has 0 fully saturated rings. The molecule has 0 saturated heterocycles. The molecule has 2 amide bonds. The first-order valence-corrected chi connectivity index (χ1v) is 10.0. The highest BCUT2D eigenvalue weighted by Crippen LogP contribution is 2.30. The molecule has 1 aliphatic rings. The highest BCUT2D eigenvalue weighted by atomic mass is 35.5. The number of hydrogen-bond donors (Lipinski definition) is 2. The van der Waals surface area contributed by atoms with Crippen LogP contribution in [0.3, 0.4) is 0 Å². The number of amides is 2. The molecule has 1 unspecified atom stereocenters. The number of anilines is 2. The van der Waals surface area contributed by atoms with Crippen LogP contribution in [0.15, 0.2) is 48.5 Å². The van der Waals surface area contributed by atoms with E-state index in [2.05, 4.69) is 41.5 Å². The SMILES string of the molecule is CC(C)(C)c1ccc(C(=O)Nc2nc3n(n2)C(c2ccc(Cl)cc2)CC(=O)N3)cc1. The Balaban J connectivity index is 1.57. The molecule has 1 atom stereocenters. The van der Waals surface area contributed by atoms with Gasteiger partial charge >= 0.3 is 0 Å². The normalized spacial score (nSPS) is 16.0. The number of aromatic nitrogens is 3. The van der Waals surface area contributed by atoms with E-state index in [1.54, 1.807) is 28.9 Å². The molecule has 8 heteroatoms. The van der Waals surface area contributed by atoms with Gasteiger partial charge in [0.15, 0.2) is 0 Å². The number of carbonyl (C=O) groups is 2. The van der Waals surface area contributed by atoms with Crippen molar-refractivity contribution in [2.24, 2.45) is 0 Å². The molecule has 0 saturated carbocycles. The summed E-state index contributed by atoms with van der Waals surface area (Å²) in [5.41, 5.74) is 2.54. The van der Waals surface area contributed by atoms with Crippen LogP contribution in [0.1, 0.15) is 54.7 Å². The Morgan fingerprint density at radius 3 is 2.43 bits per heavy atom. The van der Waals surface area contributed by atoms with Gasteiger partial charge in [0.25, 0.3) is 11.9 Å². The molecule has 1 aliphatic heterocycles.